The van der Waals surface area contributed by atoms with E-state index in [1.807, 2.05) is 0 Å². The van der Waals surface area contributed by atoms with Gasteiger partial charge in [-0.1, -0.05) is 170 Å². The Morgan fingerprint density at radius 1 is 0.271 bits per heavy atom. The molecule has 0 radical (unpaired) electrons. The molecule has 0 heterocycles. The summed E-state index contributed by atoms with van der Waals surface area (Å²) in [5, 5.41) is 2.62. The molecule has 0 saturated heterocycles. The summed E-state index contributed by atoms with van der Waals surface area (Å²) in [5.74, 6) is 0.445. The predicted octanol–water partition coefficient (Wildman–Crippen LogP) is 12.5. The first kappa shape index (κ1) is 27.2. The summed E-state index contributed by atoms with van der Waals surface area (Å²) in [6, 6.07) is 67.6. The lowest BCUT2D eigenvalue weighted by atomic mass is 9.85. The topological polar surface area (TPSA) is 0 Å². The van der Waals surface area contributed by atoms with E-state index in [-0.39, 0.29) is 11.8 Å². The van der Waals surface area contributed by atoms with Crippen molar-refractivity contribution in [2.45, 2.75) is 11.8 Å². The van der Waals surface area contributed by atoms with Crippen LogP contribution in [0.3, 0.4) is 0 Å². The summed E-state index contributed by atoms with van der Waals surface area (Å²) in [5.41, 5.74) is 18.7. The van der Waals surface area contributed by atoms with Gasteiger partial charge in [-0.3, -0.25) is 0 Å². The Labute approximate surface area is 281 Å². The van der Waals surface area contributed by atoms with Crippen LogP contribution in [0.1, 0.15) is 45.2 Å². The maximum absolute atomic E-state index is 2.43. The van der Waals surface area contributed by atoms with E-state index in [0.717, 1.165) is 0 Å². The second-order valence-electron chi connectivity index (χ2n) is 13.2. The molecule has 0 saturated carbocycles. The number of rotatable bonds is 4. The highest BCUT2D eigenvalue weighted by molar-refractivity contribution is 5.92. The highest BCUT2D eigenvalue weighted by atomic mass is 14.4. The fourth-order valence-corrected chi connectivity index (χ4v) is 8.46. The molecule has 0 spiro atoms. The predicted molar refractivity (Wildman–Crippen MR) is 200 cm³/mol. The van der Waals surface area contributed by atoms with Crippen LogP contribution in [0.4, 0.5) is 0 Å². The van der Waals surface area contributed by atoms with Gasteiger partial charge >= 0.3 is 0 Å². The molecule has 0 amide bonds. The minimum Gasteiger partial charge on any atom is -0.0622 e. The van der Waals surface area contributed by atoms with Crippen LogP contribution in [0.5, 0.6) is 0 Å². The molecule has 8 aromatic rings. The van der Waals surface area contributed by atoms with Crippen molar-refractivity contribution in [2.24, 2.45) is 0 Å². The van der Waals surface area contributed by atoms with E-state index in [1.165, 1.54) is 88.7 Å². The van der Waals surface area contributed by atoms with Gasteiger partial charge in [0, 0.05) is 11.8 Å². The number of hydrogen-bond acceptors (Lipinski definition) is 0. The van der Waals surface area contributed by atoms with Crippen LogP contribution in [0.2, 0.25) is 0 Å². The summed E-state index contributed by atoms with van der Waals surface area (Å²) >= 11 is 0. The average Bonchev–Trinajstić information content (AvgIpc) is 3.67. The fraction of sp³-hybridized carbons (Fsp3) is 0.0417. The minimum atomic E-state index is 0.220. The summed E-state index contributed by atoms with van der Waals surface area (Å²) in [6.07, 6.45) is 0. The van der Waals surface area contributed by atoms with Crippen LogP contribution >= 0.6 is 0 Å². The normalized spacial score (nSPS) is 15.5. The average molecular weight is 609 g/mol. The highest BCUT2D eigenvalue weighted by Gasteiger charge is 2.32. The Kier molecular flexibility index (Phi) is 6.11. The zero-order valence-corrected chi connectivity index (χ0v) is 26.5. The Balaban J connectivity index is 1.06. The summed E-state index contributed by atoms with van der Waals surface area (Å²) in [4.78, 5) is 0. The number of fused-ring (bicyclic) bond motifs is 7. The van der Waals surface area contributed by atoms with Gasteiger partial charge in [-0.05, 0) is 101 Å². The van der Waals surface area contributed by atoms with Gasteiger partial charge in [0.15, 0.2) is 0 Å². The molecule has 0 bridgehead atoms. The van der Waals surface area contributed by atoms with Gasteiger partial charge in [0.25, 0.3) is 0 Å². The van der Waals surface area contributed by atoms with Gasteiger partial charge in [0.05, 0.1) is 0 Å². The van der Waals surface area contributed by atoms with Crippen LogP contribution in [0, 0.1) is 0 Å². The molecular formula is C48H32. The lowest BCUT2D eigenvalue weighted by Crippen LogP contribution is -2.00. The van der Waals surface area contributed by atoms with Crippen molar-refractivity contribution < 1.29 is 0 Å². The molecule has 8 aromatic carbocycles. The van der Waals surface area contributed by atoms with Crippen molar-refractivity contribution in [1.82, 2.24) is 0 Å². The first-order valence-corrected chi connectivity index (χ1v) is 16.9. The van der Waals surface area contributed by atoms with Crippen LogP contribution in [0.15, 0.2) is 182 Å². The minimum absolute atomic E-state index is 0.220. The van der Waals surface area contributed by atoms with Crippen LogP contribution in [0.25, 0.3) is 55.3 Å². The van der Waals surface area contributed by atoms with Gasteiger partial charge in [-0.15, -0.1) is 0 Å². The van der Waals surface area contributed by atoms with Crippen LogP contribution in [-0.4, -0.2) is 0 Å². The standard InChI is InChI=1S/C48H32/c1-2-11-31(12-3-1)32-21-23-34(24-22-32)47-41-18-8-6-16-38(41)45-29-35(25-27-43(45)47)36-26-28-44-46(30-36)39-17-7-9-19-42(39)48(44)40-20-10-14-33-13-4-5-15-37(33)40/h1-30,47-48H. The Morgan fingerprint density at radius 2 is 0.750 bits per heavy atom. The summed E-state index contributed by atoms with van der Waals surface area (Å²) < 4.78 is 0. The van der Waals surface area contributed by atoms with E-state index in [2.05, 4.69) is 182 Å². The molecular weight excluding hydrogens is 577 g/mol. The highest BCUT2D eigenvalue weighted by Crippen LogP contribution is 2.52. The first-order valence-electron chi connectivity index (χ1n) is 16.9. The van der Waals surface area contributed by atoms with E-state index in [0.29, 0.717) is 0 Å². The molecule has 0 nitrogen and oxygen atoms in total. The Hall–Kier alpha value is -5.98. The third kappa shape index (κ3) is 4.16. The van der Waals surface area contributed by atoms with Crippen molar-refractivity contribution >= 4 is 10.8 Å². The third-order valence-corrected chi connectivity index (χ3v) is 10.7. The van der Waals surface area contributed by atoms with Crippen molar-refractivity contribution in [3.8, 4) is 44.5 Å². The molecule has 224 valence electrons. The lowest BCUT2D eigenvalue weighted by Gasteiger charge is -2.17. The molecule has 10 rings (SSSR count). The van der Waals surface area contributed by atoms with E-state index < -0.39 is 0 Å². The molecule has 0 N–H and O–H groups in total. The molecule has 0 aliphatic heterocycles. The van der Waals surface area contributed by atoms with E-state index in [1.54, 1.807) is 0 Å². The molecule has 2 aliphatic carbocycles. The smallest absolute Gasteiger partial charge is 0.0358 e. The van der Waals surface area contributed by atoms with Gasteiger partial charge in [-0.25, -0.2) is 0 Å². The van der Waals surface area contributed by atoms with Crippen LogP contribution < -0.4 is 0 Å². The van der Waals surface area contributed by atoms with E-state index in [4.69, 9.17) is 0 Å². The Bertz CT molecular complexity index is 2500. The zero-order chi connectivity index (χ0) is 31.6. The quantitative estimate of drug-likeness (QED) is 0.186. The number of hydrogen-bond donors (Lipinski definition) is 0. The van der Waals surface area contributed by atoms with Crippen molar-refractivity contribution in [2.75, 3.05) is 0 Å². The molecule has 2 unspecified atom stereocenters. The van der Waals surface area contributed by atoms with Gasteiger partial charge < -0.3 is 0 Å². The maximum atomic E-state index is 2.43. The lowest BCUT2D eigenvalue weighted by molar-refractivity contribution is 1.02. The monoisotopic (exact) mass is 608 g/mol. The van der Waals surface area contributed by atoms with Gasteiger partial charge in [0.2, 0.25) is 0 Å². The maximum Gasteiger partial charge on any atom is 0.0358 e. The van der Waals surface area contributed by atoms with E-state index >= 15 is 0 Å². The molecule has 2 aliphatic rings. The molecule has 0 fully saturated rings. The van der Waals surface area contributed by atoms with Crippen LogP contribution in [-0.2, 0) is 0 Å². The zero-order valence-electron chi connectivity index (χ0n) is 26.5. The molecule has 0 heteroatoms. The SMILES string of the molecule is c1ccc(-c2ccc(C3c4ccccc4-c4cc(-c5ccc6c(c5)-c5ccccc5C6c5cccc6ccccc56)ccc43)cc2)cc1. The third-order valence-electron chi connectivity index (χ3n) is 10.7. The number of benzene rings is 8. The second kappa shape index (κ2) is 10.8. The second-order valence-corrected chi connectivity index (χ2v) is 13.2. The van der Waals surface area contributed by atoms with Crippen molar-refractivity contribution in [3.05, 3.63) is 215 Å². The van der Waals surface area contributed by atoms with Crippen molar-refractivity contribution in [1.29, 1.82) is 0 Å². The molecule has 48 heavy (non-hydrogen) atoms. The summed E-state index contributed by atoms with van der Waals surface area (Å²) in [6.45, 7) is 0. The first-order chi connectivity index (χ1) is 23.8. The van der Waals surface area contributed by atoms with Gasteiger partial charge in [0.1, 0.15) is 0 Å². The van der Waals surface area contributed by atoms with Crippen molar-refractivity contribution in [3.63, 3.8) is 0 Å². The molecule has 2 atom stereocenters. The largest absolute Gasteiger partial charge is 0.0622 e. The molecule has 0 aromatic heterocycles. The van der Waals surface area contributed by atoms with Gasteiger partial charge in [-0.2, -0.15) is 0 Å². The summed E-state index contributed by atoms with van der Waals surface area (Å²) in [7, 11) is 0. The fourth-order valence-electron chi connectivity index (χ4n) is 8.46. The van der Waals surface area contributed by atoms with E-state index in [9.17, 15) is 0 Å². The Morgan fingerprint density at radius 3 is 1.46 bits per heavy atom.